The third-order valence-electron chi connectivity index (χ3n) is 3.40. The fourth-order valence-electron chi connectivity index (χ4n) is 1.99. The molecule has 0 aliphatic rings. The maximum atomic E-state index is 12.1. The van der Waals surface area contributed by atoms with Gasteiger partial charge in [0.2, 0.25) is 0 Å². The molecule has 0 aliphatic carbocycles. The van der Waals surface area contributed by atoms with E-state index in [0.717, 1.165) is 11.4 Å². The van der Waals surface area contributed by atoms with Crippen LogP contribution < -0.4 is 9.47 Å². The minimum absolute atomic E-state index is 0.0413. The molecule has 0 spiro atoms. The number of hydrogen-bond donors (Lipinski definition) is 0. The average Bonchev–Trinajstić information content (AvgIpc) is 2.90. The van der Waals surface area contributed by atoms with Gasteiger partial charge in [0.25, 0.3) is 5.91 Å². The minimum Gasteiger partial charge on any atom is -0.493 e. The second-order valence-electron chi connectivity index (χ2n) is 5.15. The van der Waals surface area contributed by atoms with Crippen molar-refractivity contribution in [2.75, 3.05) is 20.8 Å². The highest BCUT2D eigenvalue weighted by Crippen LogP contribution is 2.27. The zero-order valence-electron chi connectivity index (χ0n) is 13.4. The Morgan fingerprint density at radius 1 is 1.36 bits per heavy atom. The Bertz CT molecular complexity index is 652. The first kappa shape index (κ1) is 15.9. The lowest BCUT2D eigenvalue weighted by Gasteiger charge is -2.18. The Hall–Kier alpha value is -2.50. The zero-order valence-corrected chi connectivity index (χ0v) is 13.4. The topological polar surface area (TPSA) is 56.6 Å². The van der Waals surface area contributed by atoms with Gasteiger partial charge in [-0.2, -0.15) is 0 Å². The predicted molar refractivity (Wildman–Crippen MR) is 82.9 cm³/mol. The second kappa shape index (κ2) is 6.98. The van der Waals surface area contributed by atoms with Crippen LogP contribution in [-0.4, -0.2) is 41.1 Å². The van der Waals surface area contributed by atoms with E-state index < -0.39 is 0 Å². The van der Waals surface area contributed by atoms with Gasteiger partial charge in [0, 0.05) is 26.5 Å². The van der Waals surface area contributed by atoms with E-state index >= 15 is 0 Å². The fourth-order valence-corrected chi connectivity index (χ4v) is 1.99. The third-order valence-corrected chi connectivity index (χ3v) is 3.40. The van der Waals surface area contributed by atoms with Crippen molar-refractivity contribution >= 4 is 5.91 Å². The first-order valence-corrected chi connectivity index (χ1v) is 6.99. The molecule has 0 fully saturated rings. The highest BCUT2D eigenvalue weighted by molar-refractivity contribution is 5.77. The van der Waals surface area contributed by atoms with Crippen LogP contribution >= 0.6 is 0 Å². The molecule has 0 radical (unpaired) electrons. The number of aryl methyl sites for hydroxylation is 2. The van der Waals surface area contributed by atoms with E-state index in [2.05, 4.69) is 4.98 Å². The van der Waals surface area contributed by atoms with E-state index in [1.165, 1.54) is 0 Å². The number of amides is 1. The van der Waals surface area contributed by atoms with Crippen LogP contribution in [0.3, 0.4) is 0 Å². The van der Waals surface area contributed by atoms with Crippen LogP contribution in [0, 0.1) is 6.92 Å². The van der Waals surface area contributed by atoms with E-state index in [0.29, 0.717) is 18.0 Å². The van der Waals surface area contributed by atoms with E-state index in [1.807, 2.05) is 36.9 Å². The normalized spacial score (nSPS) is 10.4. The molecule has 6 heteroatoms. The van der Waals surface area contributed by atoms with Crippen molar-refractivity contribution in [1.82, 2.24) is 14.5 Å². The Kier molecular flexibility index (Phi) is 5.04. The summed E-state index contributed by atoms with van der Waals surface area (Å²) in [6.07, 6.45) is 3.56. The first-order valence-electron chi connectivity index (χ1n) is 6.99. The largest absolute Gasteiger partial charge is 0.493 e. The smallest absolute Gasteiger partial charge is 0.260 e. The highest BCUT2D eigenvalue weighted by atomic mass is 16.5. The SMILES string of the molecule is COc1cc(C)ccc1OCC(=O)N(C)Cc1nccn1C. The van der Waals surface area contributed by atoms with Crippen molar-refractivity contribution in [2.45, 2.75) is 13.5 Å². The van der Waals surface area contributed by atoms with Crippen LogP contribution in [0.1, 0.15) is 11.4 Å². The summed E-state index contributed by atoms with van der Waals surface area (Å²) in [6, 6.07) is 5.59. The van der Waals surface area contributed by atoms with Gasteiger partial charge in [-0.25, -0.2) is 4.98 Å². The molecule has 0 unspecified atom stereocenters. The van der Waals surface area contributed by atoms with Crippen LogP contribution in [0.15, 0.2) is 30.6 Å². The van der Waals surface area contributed by atoms with E-state index in [9.17, 15) is 4.79 Å². The zero-order chi connectivity index (χ0) is 16.1. The number of nitrogens with zero attached hydrogens (tertiary/aromatic N) is 3. The molecule has 1 aromatic heterocycles. The van der Waals surface area contributed by atoms with Crippen molar-refractivity contribution in [3.05, 3.63) is 42.0 Å². The van der Waals surface area contributed by atoms with Gasteiger partial charge in [0.05, 0.1) is 13.7 Å². The highest BCUT2D eigenvalue weighted by Gasteiger charge is 2.13. The maximum Gasteiger partial charge on any atom is 0.260 e. The van der Waals surface area contributed by atoms with Crippen LogP contribution in [0.2, 0.25) is 0 Å². The molecule has 0 aliphatic heterocycles. The van der Waals surface area contributed by atoms with Crippen molar-refractivity contribution in [1.29, 1.82) is 0 Å². The van der Waals surface area contributed by atoms with Gasteiger partial charge in [0.1, 0.15) is 5.82 Å². The third kappa shape index (κ3) is 3.78. The lowest BCUT2D eigenvalue weighted by molar-refractivity contribution is -0.132. The molecule has 0 atom stereocenters. The van der Waals surface area contributed by atoms with Gasteiger partial charge < -0.3 is 18.9 Å². The number of carbonyl (C=O) groups is 1. The summed E-state index contributed by atoms with van der Waals surface area (Å²) in [7, 11) is 5.21. The molecule has 2 aromatic rings. The molecule has 0 saturated carbocycles. The molecule has 0 bridgehead atoms. The number of carbonyl (C=O) groups excluding carboxylic acids is 1. The van der Waals surface area contributed by atoms with Crippen molar-refractivity contribution in [3.8, 4) is 11.5 Å². The van der Waals surface area contributed by atoms with Gasteiger partial charge in [0.15, 0.2) is 18.1 Å². The minimum atomic E-state index is -0.120. The number of rotatable bonds is 6. The van der Waals surface area contributed by atoms with Crippen LogP contribution in [0.5, 0.6) is 11.5 Å². The number of likely N-dealkylation sites (N-methyl/N-ethyl adjacent to an activating group) is 1. The quantitative estimate of drug-likeness (QED) is 0.816. The predicted octanol–water partition coefficient (Wildman–Crippen LogP) is 1.77. The summed E-state index contributed by atoms with van der Waals surface area (Å²) in [5.74, 6) is 1.89. The molecule has 0 N–H and O–H groups in total. The van der Waals surface area contributed by atoms with Crippen LogP contribution in [0.4, 0.5) is 0 Å². The summed E-state index contributed by atoms with van der Waals surface area (Å²) in [5, 5.41) is 0. The summed E-state index contributed by atoms with van der Waals surface area (Å²) < 4.78 is 12.7. The molecular weight excluding hydrogens is 282 g/mol. The molecule has 1 aromatic carbocycles. The van der Waals surface area contributed by atoms with Crippen molar-refractivity contribution < 1.29 is 14.3 Å². The number of imidazole rings is 1. The molecule has 1 amide bonds. The molecule has 6 nitrogen and oxygen atoms in total. The lowest BCUT2D eigenvalue weighted by Crippen LogP contribution is -2.31. The molecule has 0 saturated heterocycles. The van der Waals surface area contributed by atoms with Gasteiger partial charge >= 0.3 is 0 Å². The second-order valence-corrected chi connectivity index (χ2v) is 5.15. The van der Waals surface area contributed by atoms with E-state index in [1.54, 1.807) is 31.3 Å². The van der Waals surface area contributed by atoms with Gasteiger partial charge in [-0.3, -0.25) is 4.79 Å². The summed E-state index contributed by atoms with van der Waals surface area (Å²) in [6.45, 7) is 2.37. The Morgan fingerprint density at radius 2 is 2.14 bits per heavy atom. The van der Waals surface area contributed by atoms with Crippen LogP contribution in [0.25, 0.3) is 0 Å². The molecular formula is C16H21N3O3. The summed E-state index contributed by atoms with van der Waals surface area (Å²) >= 11 is 0. The van der Waals surface area contributed by atoms with Gasteiger partial charge in [-0.15, -0.1) is 0 Å². The summed E-state index contributed by atoms with van der Waals surface area (Å²) in [4.78, 5) is 17.9. The monoisotopic (exact) mass is 303 g/mol. The van der Waals surface area contributed by atoms with Gasteiger partial charge in [-0.05, 0) is 24.6 Å². The Morgan fingerprint density at radius 3 is 2.77 bits per heavy atom. The summed E-state index contributed by atoms with van der Waals surface area (Å²) in [5.41, 5.74) is 1.07. The molecule has 22 heavy (non-hydrogen) atoms. The molecule has 1 heterocycles. The molecule has 2 rings (SSSR count). The average molecular weight is 303 g/mol. The fraction of sp³-hybridized carbons (Fsp3) is 0.375. The lowest BCUT2D eigenvalue weighted by atomic mass is 10.2. The van der Waals surface area contributed by atoms with Crippen molar-refractivity contribution in [3.63, 3.8) is 0 Å². The van der Waals surface area contributed by atoms with E-state index in [-0.39, 0.29) is 12.5 Å². The Balaban J connectivity index is 1.93. The van der Waals surface area contributed by atoms with Crippen molar-refractivity contribution in [2.24, 2.45) is 7.05 Å². The number of hydrogen-bond acceptors (Lipinski definition) is 4. The Labute approximate surface area is 130 Å². The molecule has 118 valence electrons. The number of ether oxygens (including phenoxy) is 2. The van der Waals surface area contributed by atoms with E-state index in [4.69, 9.17) is 9.47 Å². The number of methoxy groups -OCH3 is 1. The maximum absolute atomic E-state index is 12.1. The van der Waals surface area contributed by atoms with Gasteiger partial charge in [-0.1, -0.05) is 6.07 Å². The van der Waals surface area contributed by atoms with Crippen LogP contribution in [-0.2, 0) is 18.4 Å². The number of benzene rings is 1. The number of aromatic nitrogens is 2. The standard InChI is InChI=1S/C16H21N3O3/c1-12-5-6-13(14(9-12)21-4)22-11-16(20)19(3)10-15-17-7-8-18(15)2/h5-9H,10-11H2,1-4H3. The first-order chi connectivity index (χ1) is 10.5.